The van der Waals surface area contributed by atoms with E-state index in [0.717, 1.165) is 12.8 Å². The topological polar surface area (TPSA) is 50.2 Å². The van der Waals surface area contributed by atoms with E-state index in [1.807, 2.05) is 28.9 Å². The molecule has 2 fully saturated rings. The molecule has 0 spiro atoms. The molecular weight excluding hydrogens is 252 g/mol. The minimum atomic E-state index is 0.0516. The van der Waals surface area contributed by atoms with Gasteiger partial charge in [0.15, 0.2) is 0 Å². The summed E-state index contributed by atoms with van der Waals surface area (Å²) in [6, 6.07) is 3.67. The zero-order chi connectivity index (χ0) is 14.3. The van der Waals surface area contributed by atoms with Gasteiger partial charge in [-0.2, -0.15) is 5.10 Å². The third-order valence-electron chi connectivity index (χ3n) is 4.67. The van der Waals surface area contributed by atoms with E-state index < -0.39 is 0 Å². The van der Waals surface area contributed by atoms with Crippen LogP contribution >= 0.6 is 0 Å². The number of hydrogen-bond acceptors (Lipinski definition) is 3. The Morgan fingerprint density at radius 1 is 1.40 bits per heavy atom. The molecule has 2 atom stereocenters. The average Bonchev–Trinajstić information content (AvgIpc) is 3.04. The highest BCUT2D eigenvalue weighted by molar-refractivity contribution is 5.92. The van der Waals surface area contributed by atoms with E-state index in [-0.39, 0.29) is 11.9 Å². The van der Waals surface area contributed by atoms with Crippen molar-refractivity contribution in [1.29, 1.82) is 0 Å². The number of amides is 1. The molecule has 2 aliphatic heterocycles. The number of carbonyl (C=O) groups is 1. The maximum atomic E-state index is 12.5. The molecule has 0 saturated carbocycles. The fraction of sp³-hybridized carbons (Fsp3) is 0.733. The van der Waals surface area contributed by atoms with Crippen molar-refractivity contribution < 1.29 is 4.79 Å². The van der Waals surface area contributed by atoms with Crippen molar-refractivity contribution >= 4 is 5.91 Å². The molecule has 3 heterocycles. The number of fused-ring (bicyclic) bond motifs is 2. The van der Waals surface area contributed by atoms with E-state index in [1.54, 1.807) is 0 Å². The predicted molar refractivity (Wildman–Crippen MR) is 77.7 cm³/mol. The van der Waals surface area contributed by atoms with Crippen LogP contribution in [0.5, 0.6) is 0 Å². The van der Waals surface area contributed by atoms with Crippen LogP contribution in [0.2, 0.25) is 0 Å². The molecule has 3 rings (SSSR count). The Labute approximate surface area is 120 Å². The summed E-state index contributed by atoms with van der Waals surface area (Å²) in [4.78, 5) is 14.4. The van der Waals surface area contributed by atoms with Gasteiger partial charge in [0.2, 0.25) is 0 Å². The normalized spacial score (nSPS) is 28.9. The van der Waals surface area contributed by atoms with Crippen molar-refractivity contribution in [2.75, 3.05) is 7.05 Å². The summed E-state index contributed by atoms with van der Waals surface area (Å²) >= 11 is 0. The van der Waals surface area contributed by atoms with Crippen LogP contribution in [0, 0.1) is 0 Å². The number of nitrogens with zero attached hydrogens (tertiary/aromatic N) is 3. The van der Waals surface area contributed by atoms with E-state index >= 15 is 0 Å². The number of rotatable bonds is 3. The first kappa shape index (κ1) is 13.6. The molecule has 1 N–H and O–H groups in total. The molecule has 0 aromatic carbocycles. The average molecular weight is 276 g/mol. The van der Waals surface area contributed by atoms with Crippen LogP contribution in [-0.2, 0) is 0 Å². The molecule has 5 heteroatoms. The highest BCUT2D eigenvalue weighted by Crippen LogP contribution is 2.29. The van der Waals surface area contributed by atoms with Gasteiger partial charge in [0.1, 0.15) is 5.69 Å². The molecule has 1 aromatic heterocycles. The number of piperidine rings is 1. The maximum absolute atomic E-state index is 12.5. The van der Waals surface area contributed by atoms with Crippen LogP contribution in [0.3, 0.4) is 0 Å². The second-order valence-electron chi connectivity index (χ2n) is 6.45. The lowest BCUT2D eigenvalue weighted by atomic mass is 9.98. The minimum Gasteiger partial charge on any atom is -0.337 e. The Balaban J connectivity index is 1.69. The van der Waals surface area contributed by atoms with E-state index in [9.17, 15) is 4.79 Å². The van der Waals surface area contributed by atoms with Crippen molar-refractivity contribution in [1.82, 2.24) is 20.0 Å². The molecule has 20 heavy (non-hydrogen) atoms. The lowest BCUT2D eigenvalue weighted by Gasteiger charge is -2.35. The van der Waals surface area contributed by atoms with E-state index in [1.165, 1.54) is 12.8 Å². The molecule has 2 saturated heterocycles. The van der Waals surface area contributed by atoms with Crippen LogP contribution in [0.25, 0.3) is 0 Å². The van der Waals surface area contributed by atoms with Crippen molar-refractivity contribution in [2.24, 2.45) is 0 Å². The number of aromatic nitrogens is 2. The van der Waals surface area contributed by atoms with E-state index in [2.05, 4.69) is 24.3 Å². The fourth-order valence-electron chi connectivity index (χ4n) is 3.43. The lowest BCUT2D eigenvalue weighted by molar-refractivity contribution is 0.0674. The minimum absolute atomic E-state index is 0.0516. The van der Waals surface area contributed by atoms with Gasteiger partial charge in [0.05, 0.1) is 0 Å². The van der Waals surface area contributed by atoms with Gasteiger partial charge in [0.25, 0.3) is 5.91 Å². The number of hydrogen-bond donors (Lipinski definition) is 1. The highest BCUT2D eigenvalue weighted by Gasteiger charge is 2.36. The van der Waals surface area contributed by atoms with E-state index in [4.69, 9.17) is 0 Å². The molecule has 2 unspecified atom stereocenters. The quantitative estimate of drug-likeness (QED) is 0.916. The van der Waals surface area contributed by atoms with Crippen LogP contribution in [0.1, 0.15) is 56.1 Å². The van der Waals surface area contributed by atoms with Gasteiger partial charge < -0.3 is 10.2 Å². The Kier molecular flexibility index (Phi) is 3.54. The molecule has 1 amide bonds. The lowest BCUT2D eigenvalue weighted by Crippen LogP contribution is -2.48. The van der Waals surface area contributed by atoms with Crippen LogP contribution < -0.4 is 5.32 Å². The van der Waals surface area contributed by atoms with Gasteiger partial charge >= 0.3 is 0 Å². The SMILES string of the molecule is CC(C)n1ccc(C(=O)N(C)C2CC3CCC(C2)N3)n1. The van der Waals surface area contributed by atoms with Crippen molar-refractivity contribution in [3.63, 3.8) is 0 Å². The number of carbonyl (C=O) groups excluding carboxylic acids is 1. The Bertz CT molecular complexity index is 484. The molecule has 5 nitrogen and oxygen atoms in total. The van der Waals surface area contributed by atoms with Crippen LogP contribution in [-0.4, -0.2) is 45.8 Å². The van der Waals surface area contributed by atoms with E-state index in [0.29, 0.717) is 23.8 Å². The number of nitrogens with one attached hydrogen (secondary N) is 1. The molecule has 0 aliphatic carbocycles. The van der Waals surface area contributed by atoms with Gasteiger partial charge in [-0.3, -0.25) is 9.48 Å². The third kappa shape index (κ3) is 2.46. The first-order chi connectivity index (χ1) is 9.54. The standard InChI is InChI=1S/C15H24N4O/c1-10(2)19-7-6-14(17-19)15(20)18(3)13-8-11-4-5-12(9-13)16-11/h6-7,10-13,16H,4-5,8-9H2,1-3H3. The second-order valence-corrected chi connectivity index (χ2v) is 6.45. The zero-order valence-electron chi connectivity index (χ0n) is 12.5. The van der Waals surface area contributed by atoms with Gasteiger partial charge in [0, 0.05) is 37.4 Å². The first-order valence-corrected chi connectivity index (χ1v) is 7.63. The van der Waals surface area contributed by atoms with Crippen LogP contribution in [0.4, 0.5) is 0 Å². The van der Waals surface area contributed by atoms with Gasteiger partial charge in [-0.1, -0.05) is 0 Å². The first-order valence-electron chi connectivity index (χ1n) is 7.63. The monoisotopic (exact) mass is 276 g/mol. The summed E-state index contributed by atoms with van der Waals surface area (Å²) in [7, 11) is 1.92. The van der Waals surface area contributed by atoms with Gasteiger partial charge in [-0.05, 0) is 45.6 Å². The second kappa shape index (κ2) is 5.20. The summed E-state index contributed by atoms with van der Waals surface area (Å²) in [6.07, 6.45) is 6.54. The Hall–Kier alpha value is -1.36. The maximum Gasteiger partial charge on any atom is 0.274 e. The molecule has 2 aliphatic rings. The zero-order valence-corrected chi connectivity index (χ0v) is 12.5. The summed E-state index contributed by atoms with van der Waals surface area (Å²) in [5.74, 6) is 0.0516. The van der Waals surface area contributed by atoms with Gasteiger partial charge in [-0.15, -0.1) is 0 Å². The summed E-state index contributed by atoms with van der Waals surface area (Å²) in [6.45, 7) is 4.13. The summed E-state index contributed by atoms with van der Waals surface area (Å²) in [5.41, 5.74) is 0.562. The predicted octanol–water partition coefficient (Wildman–Crippen LogP) is 1.82. The van der Waals surface area contributed by atoms with Crippen molar-refractivity contribution in [3.8, 4) is 0 Å². The van der Waals surface area contributed by atoms with Crippen molar-refractivity contribution in [3.05, 3.63) is 18.0 Å². The van der Waals surface area contributed by atoms with Crippen molar-refractivity contribution in [2.45, 2.75) is 63.7 Å². The van der Waals surface area contributed by atoms with Crippen LogP contribution in [0.15, 0.2) is 12.3 Å². The largest absolute Gasteiger partial charge is 0.337 e. The Morgan fingerprint density at radius 3 is 2.60 bits per heavy atom. The molecule has 0 radical (unpaired) electrons. The smallest absolute Gasteiger partial charge is 0.274 e. The molecule has 110 valence electrons. The molecule has 2 bridgehead atoms. The fourth-order valence-corrected chi connectivity index (χ4v) is 3.43. The summed E-state index contributed by atoms with van der Waals surface area (Å²) in [5, 5.41) is 8.00. The summed E-state index contributed by atoms with van der Waals surface area (Å²) < 4.78 is 1.84. The molecular formula is C15H24N4O. The highest BCUT2D eigenvalue weighted by atomic mass is 16.2. The van der Waals surface area contributed by atoms with Gasteiger partial charge in [-0.25, -0.2) is 0 Å². The third-order valence-corrected chi connectivity index (χ3v) is 4.67. The molecule has 1 aromatic rings. The Morgan fingerprint density at radius 2 is 2.05 bits per heavy atom.